The van der Waals surface area contributed by atoms with Crippen LogP contribution in [0.5, 0.6) is 0 Å². The molecule has 0 aliphatic rings. The fraction of sp³-hybridized carbons (Fsp3) is 0.714. The zero-order chi connectivity index (χ0) is 9.14. The molecule has 5 nitrogen and oxygen atoms in total. The Bertz CT molecular complexity index is 245. The normalized spacial score (nSPS) is 13.4. The molecule has 5 heteroatoms. The van der Waals surface area contributed by atoms with Gasteiger partial charge in [-0.25, -0.2) is 0 Å². The molecule has 0 bridgehead atoms. The Morgan fingerprint density at radius 3 is 2.50 bits per heavy atom. The average Bonchev–Trinajstić information content (AvgIpc) is 2.50. The van der Waals surface area contributed by atoms with Crippen molar-refractivity contribution in [3.8, 4) is 0 Å². The highest BCUT2D eigenvalue weighted by atomic mass is 16.4. The largest absolute Gasteiger partial charge is 0.406 e. The topological polar surface area (TPSA) is 77.0 Å². The fourth-order valence-corrected chi connectivity index (χ4v) is 0.755. The molecule has 0 saturated heterocycles. The van der Waals surface area contributed by atoms with E-state index in [1.807, 2.05) is 13.8 Å². The van der Waals surface area contributed by atoms with Crippen molar-refractivity contribution in [3.05, 3.63) is 5.89 Å². The molecule has 3 N–H and O–H groups in total. The van der Waals surface area contributed by atoms with E-state index in [0.29, 0.717) is 17.8 Å². The second kappa shape index (κ2) is 3.53. The molecule has 0 aromatic carbocycles. The first-order valence-corrected chi connectivity index (χ1v) is 3.92. The van der Waals surface area contributed by atoms with Crippen LogP contribution in [0.1, 0.15) is 25.8 Å². The van der Waals surface area contributed by atoms with Gasteiger partial charge in [-0.05, 0) is 5.92 Å². The van der Waals surface area contributed by atoms with Crippen LogP contribution in [0.3, 0.4) is 0 Å². The third-order valence-electron chi connectivity index (χ3n) is 1.66. The lowest BCUT2D eigenvalue weighted by Crippen LogP contribution is -2.16. The fourth-order valence-electron chi connectivity index (χ4n) is 0.755. The molecule has 1 heterocycles. The van der Waals surface area contributed by atoms with Crippen molar-refractivity contribution in [2.45, 2.75) is 19.9 Å². The van der Waals surface area contributed by atoms with Crippen molar-refractivity contribution in [3.63, 3.8) is 0 Å². The minimum absolute atomic E-state index is 0.181. The summed E-state index contributed by atoms with van der Waals surface area (Å²) in [6.45, 7) is 4.02. The third kappa shape index (κ3) is 1.73. The second-order valence-electron chi connectivity index (χ2n) is 2.97. The smallest absolute Gasteiger partial charge is 0.315 e. The summed E-state index contributed by atoms with van der Waals surface area (Å²) in [4.78, 5) is 0. The van der Waals surface area contributed by atoms with E-state index in [1.165, 1.54) is 0 Å². The summed E-state index contributed by atoms with van der Waals surface area (Å²) < 4.78 is 5.20. The number of rotatable bonds is 3. The molecule has 12 heavy (non-hydrogen) atoms. The Morgan fingerprint density at radius 2 is 2.08 bits per heavy atom. The number of anilines is 1. The highest BCUT2D eigenvalue weighted by Crippen LogP contribution is 2.18. The molecule has 0 aliphatic carbocycles. The van der Waals surface area contributed by atoms with Crippen molar-refractivity contribution < 1.29 is 4.42 Å². The Morgan fingerprint density at radius 1 is 1.42 bits per heavy atom. The molecular weight excluding hydrogens is 156 g/mol. The molecule has 1 aromatic heterocycles. The van der Waals surface area contributed by atoms with Gasteiger partial charge in [0.2, 0.25) is 5.89 Å². The van der Waals surface area contributed by atoms with E-state index in [4.69, 9.17) is 10.2 Å². The van der Waals surface area contributed by atoms with Gasteiger partial charge in [-0.15, -0.1) is 5.10 Å². The standard InChI is InChI=1S/C7H14N4O/c1-4(2)5(8)6-10-11-7(9-3)12-6/h4-5H,8H2,1-3H3,(H,9,11)/t5-/m1/s1. The molecule has 0 unspecified atom stereocenters. The molecule has 0 aliphatic heterocycles. The Balaban J connectivity index is 2.74. The maximum atomic E-state index is 5.78. The summed E-state index contributed by atoms with van der Waals surface area (Å²) in [5, 5.41) is 10.3. The number of aromatic nitrogens is 2. The molecular formula is C7H14N4O. The maximum absolute atomic E-state index is 5.78. The van der Waals surface area contributed by atoms with Crippen LogP contribution in [0.4, 0.5) is 6.01 Å². The van der Waals surface area contributed by atoms with Gasteiger partial charge in [0.05, 0.1) is 6.04 Å². The molecule has 0 amide bonds. The van der Waals surface area contributed by atoms with E-state index in [0.717, 1.165) is 0 Å². The monoisotopic (exact) mass is 170 g/mol. The molecule has 68 valence electrons. The predicted octanol–water partition coefficient (Wildman–Crippen LogP) is 0.767. The summed E-state index contributed by atoms with van der Waals surface area (Å²) in [5.41, 5.74) is 5.78. The van der Waals surface area contributed by atoms with Crippen LogP contribution in [0, 0.1) is 5.92 Å². The number of nitrogens with two attached hydrogens (primary N) is 1. The Kier molecular flexibility index (Phi) is 2.65. The van der Waals surface area contributed by atoms with Gasteiger partial charge < -0.3 is 15.5 Å². The van der Waals surface area contributed by atoms with Crippen LogP contribution in [0.25, 0.3) is 0 Å². The first-order chi connectivity index (χ1) is 5.65. The van der Waals surface area contributed by atoms with Gasteiger partial charge in [-0.2, -0.15) is 0 Å². The summed E-state index contributed by atoms with van der Waals surface area (Å²) in [6, 6.07) is 0.223. The van der Waals surface area contributed by atoms with E-state index in [1.54, 1.807) is 7.05 Å². The van der Waals surface area contributed by atoms with Crippen molar-refractivity contribution >= 4 is 6.01 Å². The number of hydrogen-bond acceptors (Lipinski definition) is 5. The zero-order valence-electron chi connectivity index (χ0n) is 7.53. The molecule has 0 spiro atoms. The van der Waals surface area contributed by atoms with Gasteiger partial charge in [-0.3, -0.25) is 0 Å². The highest BCUT2D eigenvalue weighted by Gasteiger charge is 2.16. The van der Waals surface area contributed by atoms with Gasteiger partial charge in [0.1, 0.15) is 0 Å². The lowest BCUT2D eigenvalue weighted by molar-refractivity contribution is 0.394. The lowest BCUT2D eigenvalue weighted by Gasteiger charge is -2.09. The minimum atomic E-state index is -0.181. The Labute approximate surface area is 71.3 Å². The van der Waals surface area contributed by atoms with E-state index in [2.05, 4.69) is 15.5 Å². The van der Waals surface area contributed by atoms with Crippen LogP contribution in [0.2, 0.25) is 0 Å². The van der Waals surface area contributed by atoms with Crippen molar-refractivity contribution in [1.29, 1.82) is 0 Å². The molecule has 1 aromatic rings. The summed E-state index contributed by atoms with van der Waals surface area (Å²) in [6.07, 6.45) is 0. The summed E-state index contributed by atoms with van der Waals surface area (Å²) in [7, 11) is 1.72. The second-order valence-corrected chi connectivity index (χ2v) is 2.97. The molecule has 1 atom stereocenters. The van der Waals surface area contributed by atoms with E-state index < -0.39 is 0 Å². The third-order valence-corrected chi connectivity index (χ3v) is 1.66. The SMILES string of the molecule is CNc1nnc([C@H](N)C(C)C)o1. The molecule has 0 fully saturated rings. The first kappa shape index (κ1) is 8.99. The van der Waals surface area contributed by atoms with Gasteiger partial charge in [0.25, 0.3) is 0 Å². The lowest BCUT2D eigenvalue weighted by atomic mass is 10.1. The average molecular weight is 170 g/mol. The van der Waals surface area contributed by atoms with Crippen LogP contribution in [0.15, 0.2) is 4.42 Å². The highest BCUT2D eigenvalue weighted by molar-refractivity contribution is 5.15. The summed E-state index contributed by atoms with van der Waals surface area (Å²) >= 11 is 0. The molecule has 1 rings (SSSR count). The van der Waals surface area contributed by atoms with Gasteiger partial charge in [-0.1, -0.05) is 18.9 Å². The number of nitrogens with one attached hydrogen (secondary N) is 1. The van der Waals surface area contributed by atoms with Crippen LogP contribution >= 0.6 is 0 Å². The minimum Gasteiger partial charge on any atom is -0.406 e. The summed E-state index contributed by atoms with van der Waals surface area (Å²) in [5.74, 6) is 0.782. The molecule has 0 saturated carbocycles. The van der Waals surface area contributed by atoms with Crippen LogP contribution in [-0.2, 0) is 0 Å². The van der Waals surface area contributed by atoms with E-state index in [9.17, 15) is 0 Å². The maximum Gasteiger partial charge on any atom is 0.315 e. The first-order valence-electron chi connectivity index (χ1n) is 3.92. The van der Waals surface area contributed by atoms with Crippen molar-refractivity contribution in [2.75, 3.05) is 12.4 Å². The Hall–Kier alpha value is -1.10. The molecule has 0 radical (unpaired) electrons. The van der Waals surface area contributed by atoms with Crippen LogP contribution in [-0.4, -0.2) is 17.2 Å². The van der Waals surface area contributed by atoms with E-state index in [-0.39, 0.29) is 6.04 Å². The number of nitrogens with zero attached hydrogens (tertiary/aromatic N) is 2. The van der Waals surface area contributed by atoms with Crippen LogP contribution < -0.4 is 11.1 Å². The van der Waals surface area contributed by atoms with Gasteiger partial charge in [0.15, 0.2) is 0 Å². The van der Waals surface area contributed by atoms with Crippen molar-refractivity contribution in [1.82, 2.24) is 10.2 Å². The zero-order valence-corrected chi connectivity index (χ0v) is 7.53. The van der Waals surface area contributed by atoms with E-state index >= 15 is 0 Å². The van der Waals surface area contributed by atoms with Crippen molar-refractivity contribution in [2.24, 2.45) is 11.7 Å². The predicted molar refractivity (Wildman–Crippen MR) is 45.6 cm³/mol. The quantitative estimate of drug-likeness (QED) is 0.700. The van der Waals surface area contributed by atoms with Gasteiger partial charge >= 0.3 is 6.01 Å². The van der Waals surface area contributed by atoms with Gasteiger partial charge in [0, 0.05) is 7.05 Å². The number of hydrogen-bond donors (Lipinski definition) is 2.